The van der Waals surface area contributed by atoms with Gasteiger partial charge in [-0.3, -0.25) is 9.48 Å². The molecule has 1 N–H and O–H groups in total. The number of anilines is 1. The number of imidazole rings is 1. The maximum Gasteiger partial charge on any atom is 0.449 e. The van der Waals surface area contributed by atoms with E-state index in [4.69, 9.17) is 0 Å². The summed E-state index contributed by atoms with van der Waals surface area (Å²) in [5, 5.41) is 6.63. The number of nitrogens with one attached hydrogen (secondary N) is 1. The molecule has 0 aliphatic carbocycles. The summed E-state index contributed by atoms with van der Waals surface area (Å²) < 4.78 is 41.9. The third kappa shape index (κ3) is 2.97. The van der Waals surface area contributed by atoms with Gasteiger partial charge in [-0.15, -0.1) is 0 Å². The number of benzene rings is 1. The molecule has 6 nitrogen and oxygen atoms in total. The van der Waals surface area contributed by atoms with Crippen LogP contribution in [0.2, 0.25) is 0 Å². The summed E-state index contributed by atoms with van der Waals surface area (Å²) in [5.74, 6) is -1.28. The van der Waals surface area contributed by atoms with Gasteiger partial charge in [0.1, 0.15) is 12.4 Å². The molecular formula is C15H14F3N5O. The lowest BCUT2D eigenvalue weighted by Gasteiger charge is -2.11. The fourth-order valence-electron chi connectivity index (χ4n) is 2.51. The van der Waals surface area contributed by atoms with E-state index in [2.05, 4.69) is 15.4 Å². The zero-order valence-corrected chi connectivity index (χ0v) is 12.9. The van der Waals surface area contributed by atoms with Gasteiger partial charge in [0.15, 0.2) is 0 Å². The van der Waals surface area contributed by atoms with Gasteiger partial charge in [-0.05, 0) is 19.1 Å². The first-order valence-corrected chi connectivity index (χ1v) is 7.08. The molecule has 0 spiro atoms. The minimum atomic E-state index is -4.65. The highest BCUT2D eigenvalue weighted by Gasteiger charge is 2.38. The Labute approximate surface area is 134 Å². The average Bonchev–Trinajstić information content (AvgIpc) is 3.00. The molecular weight excluding hydrogens is 323 g/mol. The molecule has 1 amide bonds. The molecule has 9 heteroatoms. The number of hydrogen-bond acceptors (Lipinski definition) is 3. The van der Waals surface area contributed by atoms with Crippen molar-refractivity contribution in [2.24, 2.45) is 7.05 Å². The van der Waals surface area contributed by atoms with E-state index in [1.165, 1.54) is 16.8 Å². The number of carbonyl (C=O) groups is 1. The van der Waals surface area contributed by atoms with Gasteiger partial charge in [0, 0.05) is 13.1 Å². The first-order chi connectivity index (χ1) is 11.3. The van der Waals surface area contributed by atoms with Gasteiger partial charge in [0.2, 0.25) is 11.7 Å². The number of aromatic nitrogens is 4. The number of halogens is 3. The molecule has 0 aliphatic rings. The first kappa shape index (κ1) is 16.0. The van der Waals surface area contributed by atoms with Crippen molar-refractivity contribution in [1.82, 2.24) is 19.3 Å². The quantitative estimate of drug-likeness (QED) is 0.799. The van der Waals surface area contributed by atoms with Crippen LogP contribution < -0.4 is 5.32 Å². The van der Waals surface area contributed by atoms with E-state index in [0.717, 1.165) is 4.57 Å². The van der Waals surface area contributed by atoms with Gasteiger partial charge < -0.3 is 9.88 Å². The highest BCUT2D eigenvalue weighted by Crippen LogP contribution is 2.31. The maximum atomic E-state index is 13.2. The molecule has 3 aromatic rings. The summed E-state index contributed by atoms with van der Waals surface area (Å²) in [4.78, 5) is 15.8. The Balaban J connectivity index is 1.94. The van der Waals surface area contributed by atoms with E-state index >= 15 is 0 Å². The van der Waals surface area contributed by atoms with Gasteiger partial charge in [-0.25, -0.2) is 4.98 Å². The van der Waals surface area contributed by atoms with E-state index in [0.29, 0.717) is 11.5 Å². The van der Waals surface area contributed by atoms with E-state index in [1.54, 1.807) is 32.2 Å². The lowest BCUT2D eigenvalue weighted by molar-refractivity contribution is -0.147. The second kappa shape index (κ2) is 5.66. The van der Waals surface area contributed by atoms with Crippen LogP contribution in [0.5, 0.6) is 0 Å². The fourth-order valence-corrected chi connectivity index (χ4v) is 2.51. The van der Waals surface area contributed by atoms with Crippen molar-refractivity contribution in [2.45, 2.75) is 19.6 Å². The zero-order valence-electron chi connectivity index (χ0n) is 12.9. The highest BCUT2D eigenvalue weighted by molar-refractivity contribution is 5.91. The Morgan fingerprint density at radius 1 is 1.29 bits per heavy atom. The molecule has 2 aromatic heterocycles. The molecule has 0 radical (unpaired) electrons. The van der Waals surface area contributed by atoms with Crippen LogP contribution in [0.1, 0.15) is 11.5 Å². The standard InChI is InChI=1S/C15H14F3N5O/c1-9-7-12(22(2)21-9)20-13(24)8-23-11-6-4-3-5-10(11)19-14(23)15(16,17)18/h3-7H,8H2,1-2H3,(H,20,24). The van der Waals surface area contributed by atoms with E-state index in [9.17, 15) is 18.0 Å². The Morgan fingerprint density at radius 3 is 2.62 bits per heavy atom. The molecule has 0 aliphatic heterocycles. The van der Waals surface area contributed by atoms with Gasteiger partial charge in [-0.2, -0.15) is 18.3 Å². The molecule has 0 unspecified atom stereocenters. The molecule has 24 heavy (non-hydrogen) atoms. The van der Waals surface area contributed by atoms with Crippen molar-refractivity contribution in [3.05, 3.63) is 41.9 Å². The van der Waals surface area contributed by atoms with Crippen LogP contribution in [0.25, 0.3) is 11.0 Å². The monoisotopic (exact) mass is 337 g/mol. The number of alkyl halides is 3. The Morgan fingerprint density at radius 2 is 2.00 bits per heavy atom. The van der Waals surface area contributed by atoms with Gasteiger partial charge in [-0.1, -0.05) is 12.1 Å². The molecule has 126 valence electrons. The second-order valence-corrected chi connectivity index (χ2v) is 5.35. The summed E-state index contributed by atoms with van der Waals surface area (Å²) >= 11 is 0. The Hall–Kier alpha value is -2.84. The Bertz CT molecular complexity index is 910. The topological polar surface area (TPSA) is 64.7 Å². The summed E-state index contributed by atoms with van der Waals surface area (Å²) in [6, 6.07) is 7.80. The lowest BCUT2D eigenvalue weighted by atomic mass is 10.3. The highest BCUT2D eigenvalue weighted by atomic mass is 19.4. The molecule has 0 saturated carbocycles. The summed E-state index contributed by atoms with van der Waals surface area (Å²) in [6.07, 6.45) is -4.65. The molecule has 0 bridgehead atoms. The van der Waals surface area contributed by atoms with Crippen LogP contribution in [0.4, 0.5) is 19.0 Å². The second-order valence-electron chi connectivity index (χ2n) is 5.35. The number of rotatable bonds is 3. The number of nitrogens with zero attached hydrogens (tertiary/aromatic N) is 4. The third-order valence-corrected chi connectivity index (χ3v) is 3.48. The molecule has 1 aromatic carbocycles. The summed E-state index contributed by atoms with van der Waals surface area (Å²) in [7, 11) is 1.64. The number of para-hydroxylation sites is 2. The predicted octanol–water partition coefficient (Wildman–Crippen LogP) is 2.74. The first-order valence-electron chi connectivity index (χ1n) is 7.08. The summed E-state index contributed by atoms with van der Waals surface area (Å²) in [6.45, 7) is 1.25. The van der Waals surface area contributed by atoms with Gasteiger partial charge in [0.05, 0.1) is 16.7 Å². The lowest BCUT2D eigenvalue weighted by Crippen LogP contribution is -2.24. The van der Waals surface area contributed by atoms with E-state index in [1.807, 2.05) is 0 Å². The zero-order chi connectivity index (χ0) is 17.5. The van der Waals surface area contributed by atoms with Crippen molar-refractivity contribution in [2.75, 3.05) is 5.32 Å². The summed E-state index contributed by atoms with van der Waals surface area (Å²) in [5.41, 5.74) is 1.13. The van der Waals surface area contributed by atoms with Crippen LogP contribution in [0.3, 0.4) is 0 Å². The van der Waals surface area contributed by atoms with Crippen molar-refractivity contribution >= 4 is 22.8 Å². The van der Waals surface area contributed by atoms with Crippen LogP contribution in [-0.2, 0) is 24.6 Å². The van der Waals surface area contributed by atoms with Crippen molar-refractivity contribution in [3.8, 4) is 0 Å². The van der Waals surface area contributed by atoms with Crippen LogP contribution in [0, 0.1) is 6.92 Å². The Kier molecular flexibility index (Phi) is 3.78. The molecule has 0 saturated heterocycles. The SMILES string of the molecule is Cc1cc(NC(=O)Cn2c(C(F)(F)F)nc3ccccc32)n(C)n1. The van der Waals surface area contributed by atoms with Gasteiger partial charge in [0.25, 0.3) is 0 Å². The predicted molar refractivity (Wildman–Crippen MR) is 81.3 cm³/mol. The number of carbonyl (C=O) groups excluding carboxylic acids is 1. The minimum Gasteiger partial charge on any atom is -0.311 e. The van der Waals surface area contributed by atoms with Crippen molar-refractivity contribution in [3.63, 3.8) is 0 Å². The number of fused-ring (bicyclic) bond motifs is 1. The largest absolute Gasteiger partial charge is 0.449 e. The third-order valence-electron chi connectivity index (χ3n) is 3.48. The van der Waals surface area contributed by atoms with Crippen molar-refractivity contribution in [1.29, 1.82) is 0 Å². The average molecular weight is 337 g/mol. The number of amides is 1. The van der Waals surface area contributed by atoms with E-state index < -0.39 is 24.5 Å². The van der Waals surface area contributed by atoms with Crippen LogP contribution in [-0.4, -0.2) is 25.2 Å². The molecule has 0 fully saturated rings. The minimum absolute atomic E-state index is 0.189. The normalized spacial score (nSPS) is 11.9. The van der Waals surface area contributed by atoms with Crippen LogP contribution >= 0.6 is 0 Å². The van der Waals surface area contributed by atoms with E-state index in [-0.39, 0.29) is 11.0 Å². The maximum absolute atomic E-state index is 13.2. The molecule has 0 atom stereocenters. The number of aryl methyl sites for hydroxylation is 2. The smallest absolute Gasteiger partial charge is 0.311 e. The fraction of sp³-hybridized carbons (Fsp3) is 0.267. The molecule has 3 rings (SSSR count). The van der Waals surface area contributed by atoms with Gasteiger partial charge >= 0.3 is 6.18 Å². The van der Waals surface area contributed by atoms with Crippen LogP contribution in [0.15, 0.2) is 30.3 Å². The molecule has 2 heterocycles. The van der Waals surface area contributed by atoms with Crippen molar-refractivity contribution < 1.29 is 18.0 Å². The number of hydrogen-bond donors (Lipinski definition) is 1.